The van der Waals surface area contributed by atoms with Crippen molar-refractivity contribution in [1.29, 1.82) is 0 Å². The van der Waals surface area contributed by atoms with Gasteiger partial charge in [0.05, 0.1) is 7.11 Å². The lowest BCUT2D eigenvalue weighted by atomic mass is 10.5. The molecular formula is C9H13NO4S2. The Morgan fingerprint density at radius 2 is 2.12 bits per heavy atom. The molecule has 1 heterocycles. The van der Waals surface area contributed by atoms with E-state index in [9.17, 15) is 13.2 Å². The fraction of sp³-hybridized carbons (Fsp3) is 0.444. The van der Waals surface area contributed by atoms with E-state index in [0.717, 1.165) is 9.18 Å². The second kappa shape index (κ2) is 4.94. The second-order valence-electron chi connectivity index (χ2n) is 3.20. The van der Waals surface area contributed by atoms with Crippen molar-refractivity contribution in [3.8, 4) is 0 Å². The first-order valence-corrected chi connectivity index (χ1v) is 6.73. The predicted octanol–water partition coefficient (Wildman–Crippen LogP) is 0.850. The summed E-state index contributed by atoms with van der Waals surface area (Å²) in [6.07, 6.45) is 0. The second-order valence-corrected chi connectivity index (χ2v) is 6.76. The molecule has 0 amide bonds. The average molecular weight is 263 g/mol. The maximum Gasteiger partial charge on any atom is 0.321 e. The molecule has 0 aliphatic carbocycles. The molecule has 1 rings (SSSR count). The molecule has 0 fully saturated rings. The molecule has 5 nitrogen and oxygen atoms in total. The predicted molar refractivity (Wildman–Crippen MR) is 60.9 cm³/mol. The van der Waals surface area contributed by atoms with Gasteiger partial charge in [0.15, 0.2) is 0 Å². The topological polar surface area (TPSA) is 63.7 Å². The zero-order chi connectivity index (χ0) is 12.3. The zero-order valence-electron chi connectivity index (χ0n) is 9.26. The zero-order valence-corrected chi connectivity index (χ0v) is 10.9. The first-order valence-electron chi connectivity index (χ1n) is 4.47. The van der Waals surface area contributed by atoms with Gasteiger partial charge in [0.2, 0.25) is 0 Å². The molecule has 0 spiro atoms. The molecule has 0 bridgehead atoms. The standard InChI is InChI=1S/C9H13NO4S2/c1-7-4-5-9(15-7)16(12,13)10(2)6-8(11)14-3/h4-5H,6H2,1-3H3. The number of thiophene rings is 1. The SMILES string of the molecule is COC(=O)CN(C)S(=O)(=O)c1ccc(C)s1. The van der Waals surface area contributed by atoms with Crippen molar-refractivity contribution in [2.75, 3.05) is 20.7 Å². The highest BCUT2D eigenvalue weighted by molar-refractivity contribution is 7.91. The maximum absolute atomic E-state index is 11.9. The van der Waals surface area contributed by atoms with Crippen LogP contribution in [0.2, 0.25) is 0 Å². The third-order valence-electron chi connectivity index (χ3n) is 1.96. The molecule has 0 N–H and O–H groups in total. The van der Waals surface area contributed by atoms with Gasteiger partial charge in [0.25, 0.3) is 10.0 Å². The molecule has 16 heavy (non-hydrogen) atoms. The maximum atomic E-state index is 11.9. The Kier molecular flexibility index (Phi) is 4.06. The van der Waals surface area contributed by atoms with Crippen molar-refractivity contribution in [3.63, 3.8) is 0 Å². The molecule has 0 unspecified atom stereocenters. The van der Waals surface area contributed by atoms with Gasteiger partial charge in [0.1, 0.15) is 10.8 Å². The molecule has 0 atom stereocenters. The average Bonchev–Trinajstić information content (AvgIpc) is 2.65. The van der Waals surface area contributed by atoms with E-state index < -0.39 is 16.0 Å². The lowest BCUT2D eigenvalue weighted by molar-refractivity contribution is -0.140. The normalized spacial score (nSPS) is 11.8. The number of hydrogen-bond acceptors (Lipinski definition) is 5. The number of hydrogen-bond donors (Lipinski definition) is 0. The van der Waals surface area contributed by atoms with E-state index in [1.54, 1.807) is 6.07 Å². The highest BCUT2D eigenvalue weighted by Crippen LogP contribution is 2.23. The number of carbonyl (C=O) groups is 1. The number of ether oxygens (including phenoxy) is 1. The molecular weight excluding hydrogens is 250 g/mol. The fourth-order valence-corrected chi connectivity index (χ4v) is 3.65. The lowest BCUT2D eigenvalue weighted by Crippen LogP contribution is -2.32. The Labute approximate surface area is 98.7 Å². The van der Waals surface area contributed by atoms with Crippen LogP contribution < -0.4 is 0 Å². The van der Waals surface area contributed by atoms with Gasteiger partial charge in [0, 0.05) is 11.9 Å². The molecule has 1 aromatic heterocycles. The van der Waals surface area contributed by atoms with Crippen LogP contribution in [0.1, 0.15) is 4.88 Å². The van der Waals surface area contributed by atoms with E-state index in [2.05, 4.69) is 4.74 Å². The number of aryl methyl sites for hydroxylation is 1. The molecule has 0 radical (unpaired) electrons. The van der Waals surface area contributed by atoms with E-state index >= 15 is 0 Å². The van der Waals surface area contributed by atoms with Crippen LogP contribution in [0.25, 0.3) is 0 Å². The summed E-state index contributed by atoms with van der Waals surface area (Å²) in [7, 11) is -1.00. The largest absolute Gasteiger partial charge is 0.468 e. The third kappa shape index (κ3) is 2.81. The van der Waals surface area contributed by atoms with Crippen molar-refractivity contribution in [3.05, 3.63) is 17.0 Å². The molecule has 0 aliphatic rings. The molecule has 1 aromatic rings. The van der Waals surface area contributed by atoms with Crippen LogP contribution >= 0.6 is 11.3 Å². The van der Waals surface area contributed by atoms with Gasteiger partial charge in [-0.25, -0.2) is 8.42 Å². The van der Waals surface area contributed by atoms with Gasteiger partial charge >= 0.3 is 5.97 Å². The van der Waals surface area contributed by atoms with Crippen molar-refractivity contribution < 1.29 is 17.9 Å². The van der Waals surface area contributed by atoms with E-state index in [-0.39, 0.29) is 10.8 Å². The molecule has 0 aromatic carbocycles. The van der Waals surface area contributed by atoms with Gasteiger partial charge in [-0.05, 0) is 19.1 Å². The van der Waals surface area contributed by atoms with Crippen LogP contribution in [0.3, 0.4) is 0 Å². The monoisotopic (exact) mass is 263 g/mol. The van der Waals surface area contributed by atoms with E-state index in [4.69, 9.17) is 0 Å². The minimum absolute atomic E-state index is 0.233. The Morgan fingerprint density at radius 1 is 1.50 bits per heavy atom. The number of likely N-dealkylation sites (N-methyl/N-ethyl adjacent to an activating group) is 1. The summed E-state index contributed by atoms with van der Waals surface area (Å²) < 4.78 is 29.5. The van der Waals surface area contributed by atoms with Crippen molar-refractivity contribution in [2.24, 2.45) is 0 Å². The molecule has 0 aliphatic heterocycles. The summed E-state index contributed by atoms with van der Waals surface area (Å²) in [5.41, 5.74) is 0. The Morgan fingerprint density at radius 3 is 2.56 bits per heavy atom. The first-order chi connectivity index (χ1) is 7.37. The van der Waals surface area contributed by atoms with Gasteiger partial charge in [-0.1, -0.05) is 0 Å². The van der Waals surface area contributed by atoms with Crippen LogP contribution in [0.5, 0.6) is 0 Å². The van der Waals surface area contributed by atoms with E-state index in [0.29, 0.717) is 0 Å². The summed E-state index contributed by atoms with van der Waals surface area (Å²) in [4.78, 5) is 11.9. The quantitative estimate of drug-likeness (QED) is 0.755. The molecule has 90 valence electrons. The Bertz CT molecular complexity index is 477. The van der Waals surface area contributed by atoms with Crippen LogP contribution in [0, 0.1) is 6.92 Å². The Hall–Kier alpha value is -0.920. The van der Waals surface area contributed by atoms with Crippen LogP contribution in [0.4, 0.5) is 0 Å². The van der Waals surface area contributed by atoms with Crippen molar-refractivity contribution >= 4 is 27.3 Å². The van der Waals surface area contributed by atoms with E-state index in [1.165, 1.54) is 31.6 Å². The number of nitrogens with zero attached hydrogens (tertiary/aromatic N) is 1. The van der Waals surface area contributed by atoms with Crippen molar-refractivity contribution in [1.82, 2.24) is 4.31 Å². The Balaban J connectivity index is 2.90. The van der Waals surface area contributed by atoms with Gasteiger partial charge in [-0.15, -0.1) is 11.3 Å². The first kappa shape index (κ1) is 13.1. The number of esters is 1. The summed E-state index contributed by atoms with van der Waals surface area (Å²) in [5.74, 6) is -0.584. The number of sulfonamides is 1. The molecule has 7 heteroatoms. The van der Waals surface area contributed by atoms with Gasteiger partial charge in [-0.2, -0.15) is 4.31 Å². The summed E-state index contributed by atoms with van der Waals surface area (Å²) >= 11 is 1.18. The molecule has 0 saturated carbocycles. The summed E-state index contributed by atoms with van der Waals surface area (Å²) in [6, 6.07) is 3.26. The smallest absolute Gasteiger partial charge is 0.321 e. The van der Waals surface area contributed by atoms with E-state index in [1.807, 2.05) is 6.92 Å². The van der Waals surface area contributed by atoms with Crippen molar-refractivity contribution in [2.45, 2.75) is 11.1 Å². The number of methoxy groups -OCH3 is 1. The minimum atomic E-state index is -3.57. The van der Waals surface area contributed by atoms with Crippen LogP contribution in [0.15, 0.2) is 16.3 Å². The molecule has 0 saturated heterocycles. The van der Waals surface area contributed by atoms with Crippen LogP contribution in [-0.4, -0.2) is 39.4 Å². The van der Waals surface area contributed by atoms with Crippen LogP contribution in [-0.2, 0) is 19.6 Å². The highest BCUT2D eigenvalue weighted by Gasteiger charge is 2.24. The minimum Gasteiger partial charge on any atom is -0.468 e. The third-order valence-corrected chi connectivity index (χ3v) is 5.23. The highest BCUT2D eigenvalue weighted by atomic mass is 32.2. The lowest BCUT2D eigenvalue weighted by Gasteiger charge is -2.14. The van der Waals surface area contributed by atoms with Gasteiger partial charge < -0.3 is 4.74 Å². The summed E-state index contributed by atoms with van der Waals surface area (Å²) in [6.45, 7) is 1.54. The number of rotatable bonds is 4. The van der Waals surface area contributed by atoms with Gasteiger partial charge in [-0.3, -0.25) is 4.79 Å². The number of carbonyl (C=O) groups excluding carboxylic acids is 1. The summed E-state index contributed by atoms with van der Waals surface area (Å²) in [5, 5.41) is 0. The fourth-order valence-electron chi connectivity index (χ4n) is 1.04.